The Balaban J connectivity index is 2.35. The molecule has 0 amide bonds. The predicted molar refractivity (Wildman–Crippen MR) is 66.8 cm³/mol. The number of nitrogens with two attached hydrogens (primary N) is 1. The van der Waals surface area contributed by atoms with Gasteiger partial charge in [-0.3, -0.25) is 0 Å². The van der Waals surface area contributed by atoms with Crippen LogP contribution in [0.5, 0.6) is 0 Å². The van der Waals surface area contributed by atoms with E-state index in [1.54, 1.807) is 10.9 Å². The van der Waals surface area contributed by atoms with Gasteiger partial charge in [0.15, 0.2) is 5.69 Å². The number of thioether (sulfide) groups is 1. The summed E-state index contributed by atoms with van der Waals surface area (Å²) < 4.78 is 1.76. The van der Waals surface area contributed by atoms with Crippen molar-refractivity contribution in [2.24, 2.45) is 0 Å². The van der Waals surface area contributed by atoms with Crippen LogP contribution in [0.4, 0.5) is 11.5 Å². The van der Waals surface area contributed by atoms with Crippen molar-refractivity contribution < 1.29 is 0 Å². The molecule has 0 fully saturated rings. The molecule has 1 aromatic rings. The van der Waals surface area contributed by atoms with Gasteiger partial charge in [0.05, 0.1) is 0 Å². The van der Waals surface area contributed by atoms with Crippen LogP contribution in [0.15, 0.2) is 6.20 Å². The van der Waals surface area contributed by atoms with Crippen LogP contribution in [-0.4, -0.2) is 21.8 Å². The summed E-state index contributed by atoms with van der Waals surface area (Å²) in [6.45, 7) is 6.06. The largest absolute Gasteiger partial charge is 0.429 e. The van der Waals surface area contributed by atoms with Crippen molar-refractivity contribution in [2.45, 2.75) is 25.8 Å². The van der Waals surface area contributed by atoms with E-state index in [0.29, 0.717) is 11.5 Å². The third-order valence-electron chi connectivity index (χ3n) is 2.18. The highest BCUT2D eigenvalue weighted by atomic mass is 32.2. The van der Waals surface area contributed by atoms with Crippen LogP contribution >= 0.6 is 11.8 Å². The standard InChI is InChI=1S/C10H17N4S/c1-12-10-9(11)8-13-14(10)6-4-3-5-7-15-2/h1,8H,3-7,11H2,2H3/q+1. The molecule has 1 heterocycles. The Labute approximate surface area is 94.7 Å². The molecule has 0 unspecified atom stereocenters. The molecule has 15 heavy (non-hydrogen) atoms. The number of rotatable bonds is 6. The number of anilines is 1. The second-order valence-corrected chi connectivity index (χ2v) is 4.31. The molecule has 82 valence electrons. The van der Waals surface area contributed by atoms with E-state index in [-0.39, 0.29) is 0 Å². The van der Waals surface area contributed by atoms with E-state index in [4.69, 9.17) is 12.3 Å². The minimum atomic E-state index is 0.543. The van der Waals surface area contributed by atoms with Gasteiger partial charge < -0.3 is 5.73 Å². The smallest absolute Gasteiger partial charge is 0.389 e. The van der Waals surface area contributed by atoms with E-state index in [0.717, 1.165) is 13.0 Å². The average Bonchev–Trinajstić information content (AvgIpc) is 2.59. The van der Waals surface area contributed by atoms with Crippen molar-refractivity contribution in [3.05, 3.63) is 11.0 Å². The first-order chi connectivity index (χ1) is 7.29. The van der Waals surface area contributed by atoms with Gasteiger partial charge in [-0.1, -0.05) is 5.10 Å². The van der Waals surface area contributed by atoms with E-state index in [9.17, 15) is 0 Å². The van der Waals surface area contributed by atoms with Gasteiger partial charge in [0.2, 0.25) is 0 Å². The van der Waals surface area contributed by atoms with E-state index >= 15 is 0 Å². The zero-order valence-electron chi connectivity index (χ0n) is 9.02. The number of hydrogen-bond donors (Lipinski definition) is 1. The lowest BCUT2D eigenvalue weighted by molar-refractivity contribution is 0.562. The maximum atomic E-state index is 5.64. The predicted octanol–water partition coefficient (Wildman–Crippen LogP) is 2.59. The third-order valence-corrected chi connectivity index (χ3v) is 2.88. The van der Waals surface area contributed by atoms with E-state index in [1.807, 2.05) is 11.8 Å². The molecule has 0 saturated heterocycles. The molecule has 1 rings (SSSR count). The van der Waals surface area contributed by atoms with Crippen LogP contribution in [0.1, 0.15) is 19.3 Å². The first-order valence-corrected chi connectivity index (χ1v) is 6.40. The van der Waals surface area contributed by atoms with Crippen LogP contribution in [0.3, 0.4) is 0 Å². The number of nitrogens with zero attached hydrogens (tertiary/aromatic N) is 3. The van der Waals surface area contributed by atoms with Crippen LogP contribution in [0.25, 0.3) is 4.85 Å². The molecule has 0 spiro atoms. The Morgan fingerprint density at radius 2 is 2.33 bits per heavy atom. The van der Waals surface area contributed by atoms with E-state index in [1.165, 1.54) is 18.6 Å². The highest BCUT2D eigenvalue weighted by Crippen LogP contribution is 2.21. The fourth-order valence-corrected chi connectivity index (χ4v) is 1.88. The summed E-state index contributed by atoms with van der Waals surface area (Å²) >= 11 is 1.88. The molecule has 0 bridgehead atoms. The molecule has 0 radical (unpaired) electrons. The number of hydrogen-bond acceptors (Lipinski definition) is 3. The molecular formula is C10H17N4S+. The number of aryl methyl sites for hydroxylation is 1. The summed E-state index contributed by atoms with van der Waals surface area (Å²) in [6, 6.07) is 0. The van der Waals surface area contributed by atoms with Gasteiger partial charge in [0.25, 0.3) is 0 Å². The maximum absolute atomic E-state index is 5.64. The third kappa shape index (κ3) is 3.48. The lowest BCUT2D eigenvalue weighted by Crippen LogP contribution is -1.99. The lowest BCUT2D eigenvalue weighted by Gasteiger charge is -1.96. The van der Waals surface area contributed by atoms with Crippen LogP contribution < -0.4 is 5.73 Å². The van der Waals surface area contributed by atoms with Gasteiger partial charge in [0.1, 0.15) is 19.3 Å². The molecule has 0 aliphatic rings. The van der Waals surface area contributed by atoms with Gasteiger partial charge >= 0.3 is 5.82 Å². The summed E-state index contributed by atoms with van der Waals surface area (Å²) in [5.41, 5.74) is 6.19. The molecular weight excluding hydrogens is 208 g/mol. The summed E-state index contributed by atoms with van der Waals surface area (Å²) in [6.07, 6.45) is 7.25. The molecule has 0 saturated carbocycles. The summed E-state index contributed by atoms with van der Waals surface area (Å²) in [5.74, 6) is 1.80. The van der Waals surface area contributed by atoms with Crippen molar-refractivity contribution in [3.8, 4) is 6.57 Å². The van der Waals surface area contributed by atoms with E-state index in [2.05, 4.69) is 16.2 Å². The van der Waals surface area contributed by atoms with Gasteiger partial charge in [-0.05, 0) is 31.3 Å². The van der Waals surface area contributed by atoms with Gasteiger partial charge in [0, 0.05) is 0 Å². The Kier molecular flexibility index (Phi) is 5.05. The van der Waals surface area contributed by atoms with E-state index < -0.39 is 0 Å². The monoisotopic (exact) mass is 225 g/mol. The number of nitrogen functional groups attached to an aromatic ring is 1. The first kappa shape index (κ1) is 11.9. The van der Waals surface area contributed by atoms with Crippen molar-refractivity contribution in [1.82, 2.24) is 9.78 Å². The zero-order chi connectivity index (χ0) is 11.1. The SMILES string of the molecule is C#[N+]c1c(N)cnn1CCCCCSC. The van der Waals surface area contributed by atoms with Crippen molar-refractivity contribution in [1.29, 1.82) is 0 Å². The quantitative estimate of drug-likeness (QED) is 0.757. The molecule has 0 aromatic carbocycles. The molecule has 2 N–H and O–H groups in total. The summed E-state index contributed by atoms with van der Waals surface area (Å²) in [5, 5.41) is 4.12. The van der Waals surface area contributed by atoms with Crippen molar-refractivity contribution in [3.63, 3.8) is 0 Å². The maximum Gasteiger partial charge on any atom is 0.429 e. The second kappa shape index (κ2) is 6.36. The topological polar surface area (TPSA) is 48.2 Å². The summed E-state index contributed by atoms with van der Waals surface area (Å²) in [4.78, 5) is 3.62. The van der Waals surface area contributed by atoms with Crippen molar-refractivity contribution in [2.75, 3.05) is 17.7 Å². The Bertz CT molecular complexity index is 340. The average molecular weight is 225 g/mol. The second-order valence-electron chi connectivity index (χ2n) is 3.33. The van der Waals surface area contributed by atoms with Crippen LogP contribution in [0.2, 0.25) is 0 Å². The Morgan fingerprint density at radius 3 is 3.00 bits per heavy atom. The Morgan fingerprint density at radius 1 is 1.53 bits per heavy atom. The lowest BCUT2D eigenvalue weighted by atomic mass is 10.2. The Hall–Kier alpha value is -1.15. The first-order valence-electron chi connectivity index (χ1n) is 5.00. The van der Waals surface area contributed by atoms with Crippen LogP contribution in [0, 0.1) is 6.57 Å². The minimum Gasteiger partial charge on any atom is -0.389 e. The van der Waals surface area contributed by atoms with Gasteiger partial charge in [-0.15, -0.1) is 4.68 Å². The van der Waals surface area contributed by atoms with Gasteiger partial charge in [-0.25, -0.2) is 0 Å². The molecule has 0 atom stereocenters. The highest BCUT2D eigenvalue weighted by Gasteiger charge is 2.16. The molecule has 1 aromatic heterocycles. The molecule has 5 heteroatoms. The van der Waals surface area contributed by atoms with Gasteiger partial charge in [-0.2, -0.15) is 16.6 Å². The normalized spacial score (nSPS) is 10.1. The number of unbranched alkanes of at least 4 members (excludes halogenated alkanes) is 2. The number of aromatic nitrogens is 2. The molecule has 0 aliphatic heterocycles. The fourth-order valence-electron chi connectivity index (χ4n) is 1.38. The highest BCUT2D eigenvalue weighted by molar-refractivity contribution is 7.98. The summed E-state index contributed by atoms with van der Waals surface area (Å²) in [7, 11) is 0. The molecule has 0 aliphatic carbocycles. The van der Waals surface area contributed by atoms with Crippen molar-refractivity contribution >= 4 is 23.3 Å². The minimum absolute atomic E-state index is 0.543. The zero-order valence-corrected chi connectivity index (χ0v) is 9.83. The van der Waals surface area contributed by atoms with Crippen LogP contribution in [-0.2, 0) is 6.54 Å². The molecule has 4 nitrogen and oxygen atoms in total. The fraction of sp³-hybridized carbons (Fsp3) is 0.600.